The average molecular weight is 452 g/mol. The summed E-state index contributed by atoms with van der Waals surface area (Å²) in [5.74, 6) is 0.500. The molecule has 3 aromatic rings. The number of morpholine rings is 1. The molecule has 0 radical (unpaired) electrons. The molecule has 2 aliphatic rings. The second-order valence-corrected chi connectivity index (χ2v) is 8.89. The van der Waals surface area contributed by atoms with Gasteiger partial charge in [0.15, 0.2) is 5.76 Å². The van der Waals surface area contributed by atoms with Crippen LogP contribution in [0, 0.1) is 0 Å². The summed E-state index contributed by atoms with van der Waals surface area (Å²) >= 11 is 0. The maximum absolute atomic E-state index is 13.0. The van der Waals surface area contributed by atoms with E-state index in [2.05, 4.69) is 31.4 Å². The van der Waals surface area contributed by atoms with Gasteiger partial charge in [-0.2, -0.15) is 5.10 Å². The summed E-state index contributed by atoms with van der Waals surface area (Å²) in [7, 11) is 0. The standard InChI is InChI=1S/C24H29N5O4/c1-24(31)6-8-29(9-7-24)20-14-18(28-10-12-32-13-11-28)2-3-19(20)27-23(30)22-5-4-21(33-22)17-15-25-26-16-17/h2-5,14-16,31H,6-13H2,1H3,(H,25,26)(H,27,30). The highest BCUT2D eigenvalue weighted by Gasteiger charge is 2.29. The third-order valence-corrected chi connectivity index (χ3v) is 6.40. The highest BCUT2D eigenvalue weighted by atomic mass is 16.5. The number of carbonyl (C=O) groups excluding carboxylic acids is 1. The van der Waals surface area contributed by atoms with Gasteiger partial charge >= 0.3 is 0 Å². The lowest BCUT2D eigenvalue weighted by Crippen LogP contribution is -2.43. The van der Waals surface area contributed by atoms with Crippen LogP contribution >= 0.6 is 0 Å². The van der Waals surface area contributed by atoms with E-state index < -0.39 is 5.60 Å². The first-order chi connectivity index (χ1) is 16.0. The first kappa shape index (κ1) is 21.5. The van der Waals surface area contributed by atoms with Gasteiger partial charge in [0.05, 0.1) is 41.9 Å². The Balaban J connectivity index is 1.40. The van der Waals surface area contributed by atoms with Gasteiger partial charge in [0, 0.05) is 38.1 Å². The third-order valence-electron chi connectivity index (χ3n) is 6.40. The van der Waals surface area contributed by atoms with Crippen molar-refractivity contribution in [1.29, 1.82) is 0 Å². The van der Waals surface area contributed by atoms with Crippen LogP contribution < -0.4 is 15.1 Å². The van der Waals surface area contributed by atoms with Crippen molar-refractivity contribution in [3.05, 3.63) is 48.5 Å². The molecule has 0 bridgehead atoms. The smallest absolute Gasteiger partial charge is 0.291 e. The van der Waals surface area contributed by atoms with Crippen molar-refractivity contribution in [1.82, 2.24) is 10.2 Å². The van der Waals surface area contributed by atoms with Crippen molar-refractivity contribution in [2.24, 2.45) is 0 Å². The average Bonchev–Trinajstić information content (AvgIpc) is 3.52. The van der Waals surface area contributed by atoms with Crippen LogP contribution in [0.2, 0.25) is 0 Å². The highest BCUT2D eigenvalue weighted by molar-refractivity contribution is 6.04. The molecule has 2 saturated heterocycles. The fraction of sp³-hybridized carbons (Fsp3) is 0.417. The summed E-state index contributed by atoms with van der Waals surface area (Å²) in [6.07, 6.45) is 4.71. The third kappa shape index (κ3) is 4.74. The fourth-order valence-corrected chi connectivity index (χ4v) is 4.32. The first-order valence-electron chi connectivity index (χ1n) is 11.3. The molecule has 0 saturated carbocycles. The molecule has 0 unspecified atom stereocenters. The van der Waals surface area contributed by atoms with Gasteiger partial charge in [0.1, 0.15) is 5.76 Å². The zero-order valence-corrected chi connectivity index (χ0v) is 18.7. The van der Waals surface area contributed by atoms with Gasteiger partial charge in [-0.05, 0) is 50.1 Å². The van der Waals surface area contributed by atoms with Crippen molar-refractivity contribution >= 4 is 23.0 Å². The molecule has 2 fully saturated rings. The van der Waals surface area contributed by atoms with Crippen LogP contribution in [0.1, 0.15) is 30.3 Å². The van der Waals surface area contributed by atoms with Crippen molar-refractivity contribution < 1.29 is 19.1 Å². The van der Waals surface area contributed by atoms with Crippen LogP contribution in [0.15, 0.2) is 47.1 Å². The molecule has 5 rings (SSSR count). The number of nitrogens with zero attached hydrogens (tertiary/aromatic N) is 3. The monoisotopic (exact) mass is 451 g/mol. The van der Waals surface area contributed by atoms with E-state index in [1.807, 2.05) is 19.1 Å². The molecule has 0 aliphatic carbocycles. The number of carbonyl (C=O) groups is 1. The number of hydrogen-bond donors (Lipinski definition) is 3. The van der Waals surface area contributed by atoms with Gasteiger partial charge in [-0.3, -0.25) is 9.89 Å². The van der Waals surface area contributed by atoms with E-state index in [1.165, 1.54) is 0 Å². The van der Waals surface area contributed by atoms with E-state index in [9.17, 15) is 9.90 Å². The Kier molecular flexibility index (Phi) is 5.82. The van der Waals surface area contributed by atoms with Crippen LogP contribution in [0.25, 0.3) is 11.3 Å². The number of nitrogens with one attached hydrogen (secondary N) is 2. The predicted molar refractivity (Wildman–Crippen MR) is 126 cm³/mol. The summed E-state index contributed by atoms with van der Waals surface area (Å²) in [4.78, 5) is 17.5. The number of ether oxygens (including phenoxy) is 1. The number of hydrogen-bond acceptors (Lipinski definition) is 7. The van der Waals surface area contributed by atoms with Gasteiger partial charge in [0.2, 0.25) is 0 Å². The minimum Gasteiger partial charge on any atom is -0.451 e. The maximum Gasteiger partial charge on any atom is 0.291 e. The quantitative estimate of drug-likeness (QED) is 0.547. The summed E-state index contributed by atoms with van der Waals surface area (Å²) < 4.78 is 11.2. The highest BCUT2D eigenvalue weighted by Crippen LogP contribution is 2.35. The Morgan fingerprint density at radius 2 is 1.91 bits per heavy atom. The van der Waals surface area contributed by atoms with Crippen LogP contribution in [-0.4, -0.2) is 66.2 Å². The van der Waals surface area contributed by atoms with Gasteiger partial charge in [-0.1, -0.05) is 0 Å². The molecule has 4 heterocycles. The number of anilines is 3. The van der Waals surface area contributed by atoms with Crippen molar-refractivity contribution in [3.8, 4) is 11.3 Å². The summed E-state index contributed by atoms with van der Waals surface area (Å²) in [5.41, 5.74) is 2.90. The molecule has 2 aliphatic heterocycles. The molecule has 2 aromatic heterocycles. The van der Waals surface area contributed by atoms with Crippen LogP contribution in [0.4, 0.5) is 17.1 Å². The molecule has 1 amide bonds. The Bertz CT molecular complexity index is 1090. The van der Waals surface area contributed by atoms with E-state index in [0.717, 1.165) is 35.7 Å². The first-order valence-corrected chi connectivity index (χ1v) is 11.3. The number of H-pyrrole nitrogens is 1. The zero-order chi connectivity index (χ0) is 22.8. The number of aromatic nitrogens is 2. The lowest BCUT2D eigenvalue weighted by Gasteiger charge is -2.38. The van der Waals surface area contributed by atoms with Crippen LogP contribution in [0.3, 0.4) is 0 Å². The van der Waals surface area contributed by atoms with Gasteiger partial charge in [-0.25, -0.2) is 0 Å². The zero-order valence-electron chi connectivity index (χ0n) is 18.7. The summed E-state index contributed by atoms with van der Waals surface area (Å²) in [5, 5.41) is 20.1. The van der Waals surface area contributed by atoms with E-state index in [-0.39, 0.29) is 11.7 Å². The Labute approximate surface area is 192 Å². The molecule has 0 spiro atoms. The van der Waals surface area contributed by atoms with Crippen molar-refractivity contribution in [2.75, 3.05) is 54.5 Å². The van der Waals surface area contributed by atoms with Crippen molar-refractivity contribution in [2.45, 2.75) is 25.4 Å². The van der Waals surface area contributed by atoms with E-state index >= 15 is 0 Å². The number of rotatable bonds is 5. The Hall–Kier alpha value is -3.30. The van der Waals surface area contributed by atoms with Gasteiger partial charge in [-0.15, -0.1) is 0 Å². The topological polar surface area (TPSA) is 107 Å². The minimum atomic E-state index is -0.653. The maximum atomic E-state index is 13.0. The molecule has 9 heteroatoms. The number of aromatic amines is 1. The number of aliphatic hydroxyl groups is 1. The molecule has 0 atom stereocenters. The normalized spacial score (nSPS) is 18.4. The van der Waals surface area contributed by atoms with Crippen molar-refractivity contribution in [3.63, 3.8) is 0 Å². The van der Waals surface area contributed by atoms with E-state index in [0.29, 0.717) is 44.9 Å². The van der Waals surface area contributed by atoms with Crippen LogP contribution in [0.5, 0.6) is 0 Å². The Morgan fingerprint density at radius 3 is 2.64 bits per heavy atom. The van der Waals surface area contributed by atoms with E-state index in [1.54, 1.807) is 24.5 Å². The molecule has 9 nitrogen and oxygen atoms in total. The van der Waals surface area contributed by atoms with E-state index in [4.69, 9.17) is 9.15 Å². The second-order valence-electron chi connectivity index (χ2n) is 8.89. The fourth-order valence-electron chi connectivity index (χ4n) is 4.32. The van der Waals surface area contributed by atoms with Gasteiger partial charge in [0.25, 0.3) is 5.91 Å². The summed E-state index contributed by atoms with van der Waals surface area (Å²) in [6, 6.07) is 9.53. The lowest BCUT2D eigenvalue weighted by atomic mass is 9.93. The summed E-state index contributed by atoms with van der Waals surface area (Å²) in [6.45, 7) is 6.40. The SMILES string of the molecule is CC1(O)CCN(c2cc(N3CCOCC3)ccc2NC(=O)c2ccc(-c3cn[nH]c3)o2)CC1. The number of amides is 1. The Morgan fingerprint density at radius 1 is 1.12 bits per heavy atom. The molecular formula is C24H29N5O4. The predicted octanol–water partition coefficient (Wildman–Crippen LogP) is 3.11. The largest absolute Gasteiger partial charge is 0.451 e. The van der Waals surface area contributed by atoms with Crippen LogP contribution in [-0.2, 0) is 4.74 Å². The van der Waals surface area contributed by atoms with Gasteiger partial charge < -0.3 is 29.4 Å². The number of piperidine rings is 1. The number of furan rings is 1. The minimum absolute atomic E-state index is 0.232. The molecule has 3 N–H and O–H groups in total. The molecule has 174 valence electrons. The second kappa shape index (κ2) is 8.92. The number of benzene rings is 1. The molecule has 1 aromatic carbocycles. The molecule has 33 heavy (non-hydrogen) atoms. The molecular weight excluding hydrogens is 422 g/mol. The lowest BCUT2D eigenvalue weighted by molar-refractivity contribution is 0.0351.